The van der Waals surface area contributed by atoms with E-state index in [0.717, 1.165) is 62.6 Å². The molecule has 4 heterocycles. The minimum atomic E-state index is 0.369. The summed E-state index contributed by atoms with van der Waals surface area (Å²) in [4.78, 5) is 13.9. The molecule has 0 aromatic carbocycles. The summed E-state index contributed by atoms with van der Waals surface area (Å²) < 4.78 is 5.19. The van der Waals surface area contributed by atoms with E-state index in [2.05, 4.69) is 32.1 Å². The Morgan fingerprint density at radius 3 is 2.85 bits per heavy atom. The van der Waals surface area contributed by atoms with Crippen molar-refractivity contribution in [3.63, 3.8) is 0 Å². The van der Waals surface area contributed by atoms with E-state index < -0.39 is 0 Å². The van der Waals surface area contributed by atoms with E-state index in [1.165, 1.54) is 18.4 Å². The minimum Gasteiger partial charge on any atom is -0.472 e. The molecule has 26 heavy (non-hydrogen) atoms. The summed E-state index contributed by atoms with van der Waals surface area (Å²) >= 11 is 0. The Morgan fingerprint density at radius 1 is 1.27 bits per heavy atom. The predicted octanol–water partition coefficient (Wildman–Crippen LogP) is 1.44. The van der Waals surface area contributed by atoms with E-state index in [1.807, 2.05) is 6.07 Å². The SMILES string of the molecule is CN(Cc1ccoc1)c1nc(N)nc2c1CCN(C1CCNCC1)CC2. The fraction of sp³-hybridized carbons (Fsp3) is 0.579. The van der Waals surface area contributed by atoms with Crippen molar-refractivity contribution in [3.05, 3.63) is 35.4 Å². The van der Waals surface area contributed by atoms with Gasteiger partial charge in [-0.3, -0.25) is 4.90 Å². The maximum absolute atomic E-state index is 6.03. The second-order valence-corrected chi connectivity index (χ2v) is 7.34. The standard InChI is InChI=1S/C19H28N6O/c1-24(12-14-6-11-26-13-14)18-16-4-9-25(15-2-7-21-8-3-15)10-5-17(16)22-19(20)23-18/h6,11,13,15,21H,2-5,7-10,12H2,1H3,(H2,20,22,23). The van der Waals surface area contributed by atoms with Crippen molar-refractivity contribution < 1.29 is 4.42 Å². The second kappa shape index (κ2) is 7.63. The lowest BCUT2D eigenvalue weighted by molar-refractivity contribution is 0.169. The van der Waals surface area contributed by atoms with Crippen LogP contribution in [0.4, 0.5) is 11.8 Å². The number of fused-ring (bicyclic) bond motifs is 1. The Morgan fingerprint density at radius 2 is 2.08 bits per heavy atom. The highest BCUT2D eigenvalue weighted by Crippen LogP contribution is 2.27. The van der Waals surface area contributed by atoms with Crippen molar-refractivity contribution in [2.75, 3.05) is 43.9 Å². The first kappa shape index (κ1) is 17.3. The molecule has 2 aromatic heterocycles. The Kier molecular flexibility index (Phi) is 5.08. The van der Waals surface area contributed by atoms with Crippen LogP contribution in [0.5, 0.6) is 0 Å². The number of nitrogens with two attached hydrogens (primary N) is 1. The molecule has 2 aliphatic heterocycles. The molecule has 0 atom stereocenters. The van der Waals surface area contributed by atoms with Crippen LogP contribution in [-0.2, 0) is 19.4 Å². The zero-order chi connectivity index (χ0) is 17.9. The first-order valence-corrected chi connectivity index (χ1v) is 9.53. The summed E-state index contributed by atoms with van der Waals surface area (Å²) in [5, 5.41) is 3.46. The third kappa shape index (κ3) is 3.68. The molecule has 1 saturated heterocycles. The van der Waals surface area contributed by atoms with Gasteiger partial charge < -0.3 is 20.4 Å². The van der Waals surface area contributed by atoms with Gasteiger partial charge >= 0.3 is 0 Å². The zero-order valence-corrected chi connectivity index (χ0v) is 15.4. The number of hydrogen-bond donors (Lipinski definition) is 2. The molecule has 3 N–H and O–H groups in total. The summed E-state index contributed by atoms with van der Waals surface area (Å²) in [5.41, 5.74) is 9.53. The molecule has 2 aromatic rings. The number of nitrogen functional groups attached to an aromatic ring is 1. The van der Waals surface area contributed by atoms with Gasteiger partial charge in [0.25, 0.3) is 0 Å². The molecule has 7 nitrogen and oxygen atoms in total. The molecule has 0 aliphatic carbocycles. The Bertz CT molecular complexity index is 726. The van der Waals surface area contributed by atoms with Gasteiger partial charge in [0.15, 0.2) is 0 Å². The Balaban J connectivity index is 1.54. The minimum absolute atomic E-state index is 0.369. The van der Waals surface area contributed by atoms with Gasteiger partial charge in [-0.25, -0.2) is 4.98 Å². The summed E-state index contributed by atoms with van der Waals surface area (Å²) in [6.07, 6.45) is 7.87. The highest BCUT2D eigenvalue weighted by atomic mass is 16.3. The first-order valence-electron chi connectivity index (χ1n) is 9.53. The number of hydrogen-bond acceptors (Lipinski definition) is 7. The third-order valence-electron chi connectivity index (χ3n) is 5.56. The van der Waals surface area contributed by atoms with Crippen LogP contribution in [0.3, 0.4) is 0 Å². The van der Waals surface area contributed by atoms with E-state index in [0.29, 0.717) is 12.0 Å². The van der Waals surface area contributed by atoms with Gasteiger partial charge in [-0.2, -0.15) is 4.98 Å². The van der Waals surface area contributed by atoms with E-state index >= 15 is 0 Å². The Labute approximate surface area is 154 Å². The predicted molar refractivity (Wildman–Crippen MR) is 102 cm³/mol. The molecule has 2 aliphatic rings. The Hall–Kier alpha value is -2.12. The van der Waals surface area contributed by atoms with E-state index in [4.69, 9.17) is 10.2 Å². The highest BCUT2D eigenvalue weighted by Gasteiger charge is 2.26. The molecule has 0 spiro atoms. The van der Waals surface area contributed by atoms with E-state index in [1.54, 1.807) is 12.5 Å². The number of furan rings is 1. The summed E-state index contributed by atoms with van der Waals surface area (Å²) in [6, 6.07) is 2.67. The van der Waals surface area contributed by atoms with Crippen LogP contribution < -0.4 is 16.0 Å². The number of rotatable bonds is 4. The van der Waals surface area contributed by atoms with Crippen LogP contribution in [0.1, 0.15) is 29.7 Å². The molecule has 0 saturated carbocycles. The van der Waals surface area contributed by atoms with Gasteiger partial charge in [0, 0.05) is 50.3 Å². The fourth-order valence-electron chi connectivity index (χ4n) is 4.20. The molecule has 7 heteroatoms. The molecule has 0 unspecified atom stereocenters. The lowest BCUT2D eigenvalue weighted by Gasteiger charge is -2.33. The maximum Gasteiger partial charge on any atom is 0.222 e. The molecule has 0 amide bonds. The molecule has 0 radical (unpaired) electrons. The largest absolute Gasteiger partial charge is 0.472 e. The molecule has 4 rings (SSSR count). The monoisotopic (exact) mass is 356 g/mol. The quantitative estimate of drug-likeness (QED) is 0.857. The lowest BCUT2D eigenvalue weighted by Crippen LogP contribution is -2.44. The van der Waals surface area contributed by atoms with Crippen molar-refractivity contribution in [2.45, 2.75) is 38.3 Å². The average molecular weight is 356 g/mol. The summed E-state index contributed by atoms with van der Waals surface area (Å²) in [5.74, 6) is 1.33. The van der Waals surface area contributed by atoms with Crippen LogP contribution in [0.25, 0.3) is 0 Å². The van der Waals surface area contributed by atoms with Crippen LogP contribution >= 0.6 is 0 Å². The molecule has 1 fully saturated rings. The topological polar surface area (TPSA) is 83.5 Å². The number of aromatic nitrogens is 2. The van der Waals surface area contributed by atoms with Gasteiger partial charge in [0.2, 0.25) is 5.95 Å². The number of piperidine rings is 1. The van der Waals surface area contributed by atoms with E-state index in [-0.39, 0.29) is 0 Å². The van der Waals surface area contributed by atoms with Gasteiger partial charge in [-0.05, 0) is 38.4 Å². The van der Waals surface area contributed by atoms with Crippen molar-refractivity contribution >= 4 is 11.8 Å². The van der Waals surface area contributed by atoms with Crippen LogP contribution in [0.2, 0.25) is 0 Å². The molecule has 140 valence electrons. The van der Waals surface area contributed by atoms with Gasteiger partial charge in [0.05, 0.1) is 18.2 Å². The van der Waals surface area contributed by atoms with Crippen molar-refractivity contribution in [1.82, 2.24) is 20.2 Å². The number of nitrogens with one attached hydrogen (secondary N) is 1. The fourth-order valence-corrected chi connectivity index (χ4v) is 4.20. The third-order valence-corrected chi connectivity index (χ3v) is 5.56. The summed E-state index contributed by atoms with van der Waals surface area (Å²) in [7, 11) is 2.06. The van der Waals surface area contributed by atoms with Gasteiger partial charge in [-0.15, -0.1) is 0 Å². The van der Waals surface area contributed by atoms with Crippen molar-refractivity contribution in [2.24, 2.45) is 0 Å². The second-order valence-electron chi connectivity index (χ2n) is 7.34. The highest BCUT2D eigenvalue weighted by molar-refractivity contribution is 5.52. The smallest absolute Gasteiger partial charge is 0.222 e. The van der Waals surface area contributed by atoms with Crippen molar-refractivity contribution in [3.8, 4) is 0 Å². The summed E-state index contributed by atoms with van der Waals surface area (Å²) in [6.45, 7) is 5.12. The van der Waals surface area contributed by atoms with Crippen LogP contribution in [0, 0.1) is 0 Å². The normalized spacial score (nSPS) is 19.1. The van der Waals surface area contributed by atoms with Crippen LogP contribution in [0.15, 0.2) is 23.0 Å². The first-order chi connectivity index (χ1) is 12.7. The lowest BCUT2D eigenvalue weighted by atomic mass is 10.0. The molecular weight excluding hydrogens is 328 g/mol. The van der Waals surface area contributed by atoms with E-state index in [9.17, 15) is 0 Å². The van der Waals surface area contributed by atoms with Crippen LogP contribution in [-0.4, -0.2) is 54.1 Å². The van der Waals surface area contributed by atoms with Gasteiger partial charge in [0.1, 0.15) is 5.82 Å². The molecular formula is C19H28N6O. The molecule has 0 bridgehead atoms. The maximum atomic E-state index is 6.03. The average Bonchev–Trinajstić information content (AvgIpc) is 3.07. The van der Waals surface area contributed by atoms with Gasteiger partial charge in [-0.1, -0.05) is 0 Å². The number of nitrogens with zero attached hydrogens (tertiary/aromatic N) is 4. The van der Waals surface area contributed by atoms with Crippen molar-refractivity contribution in [1.29, 1.82) is 0 Å². The number of anilines is 2. The zero-order valence-electron chi connectivity index (χ0n) is 15.4.